The number of fused-ring (bicyclic) bond motifs is 2. The summed E-state index contributed by atoms with van der Waals surface area (Å²) in [6.45, 7) is 3.46. The number of epoxide rings is 2. The van der Waals surface area contributed by atoms with Gasteiger partial charge in [0.1, 0.15) is 0 Å². The van der Waals surface area contributed by atoms with Crippen LogP contribution in [-0.2, 0) is 9.47 Å². The summed E-state index contributed by atoms with van der Waals surface area (Å²) >= 11 is 0. The van der Waals surface area contributed by atoms with E-state index in [9.17, 15) is 0 Å². The van der Waals surface area contributed by atoms with Crippen LogP contribution >= 0.6 is 0 Å². The molecule has 0 amide bonds. The van der Waals surface area contributed by atoms with Crippen molar-refractivity contribution in [3.05, 3.63) is 12.2 Å². The SMILES string of the molecule is CNCCC1C=CCC1.CNCC[C@@H]1CC[C@@H]2O[C@H]12.CNCC[C@H]1CC[C@H]2O[C@@H]12. The number of ether oxygens (including phenoxy) is 2. The van der Waals surface area contributed by atoms with Crippen LogP contribution in [0.1, 0.15) is 57.8 Å². The van der Waals surface area contributed by atoms with Gasteiger partial charge in [-0.05, 0) is 116 Å². The molecule has 3 aliphatic carbocycles. The minimum atomic E-state index is 0.661. The second-order valence-electron chi connectivity index (χ2n) is 9.40. The molecule has 0 spiro atoms. The molecule has 2 saturated heterocycles. The molecule has 3 N–H and O–H groups in total. The molecule has 1 unspecified atom stereocenters. The molecule has 5 aliphatic rings. The maximum Gasteiger partial charge on any atom is 0.0870 e. The summed E-state index contributed by atoms with van der Waals surface area (Å²) in [4.78, 5) is 0. The Hall–Kier alpha value is -0.460. The zero-order valence-electron chi connectivity index (χ0n) is 19.0. The van der Waals surface area contributed by atoms with Gasteiger partial charge in [0.05, 0.1) is 24.4 Å². The van der Waals surface area contributed by atoms with Crippen LogP contribution in [0.3, 0.4) is 0 Å². The number of nitrogens with one attached hydrogen (secondary N) is 3. The van der Waals surface area contributed by atoms with Crippen LogP contribution in [0, 0.1) is 17.8 Å². The van der Waals surface area contributed by atoms with E-state index in [1.807, 2.05) is 21.1 Å². The van der Waals surface area contributed by atoms with E-state index in [1.165, 1.54) is 57.8 Å². The Morgan fingerprint density at radius 2 is 1.21 bits per heavy atom. The predicted octanol–water partition coefficient (Wildman–Crippen LogP) is 3.11. The quantitative estimate of drug-likeness (QED) is 0.405. The van der Waals surface area contributed by atoms with Gasteiger partial charge in [0, 0.05) is 0 Å². The van der Waals surface area contributed by atoms with Gasteiger partial charge in [-0.2, -0.15) is 0 Å². The smallest absolute Gasteiger partial charge is 0.0870 e. The molecule has 4 fully saturated rings. The Morgan fingerprint density at radius 3 is 1.55 bits per heavy atom. The van der Waals surface area contributed by atoms with Crippen molar-refractivity contribution >= 4 is 0 Å². The Labute approximate surface area is 178 Å². The van der Waals surface area contributed by atoms with Crippen LogP contribution in [0.2, 0.25) is 0 Å². The van der Waals surface area contributed by atoms with Gasteiger partial charge in [-0.25, -0.2) is 0 Å². The number of hydrogen-bond acceptors (Lipinski definition) is 5. The van der Waals surface area contributed by atoms with Crippen molar-refractivity contribution in [1.29, 1.82) is 0 Å². The van der Waals surface area contributed by atoms with Gasteiger partial charge >= 0.3 is 0 Å². The summed E-state index contributed by atoms with van der Waals surface area (Å²) in [6.07, 6.45) is 19.3. The van der Waals surface area contributed by atoms with Crippen LogP contribution in [0.15, 0.2) is 12.2 Å². The van der Waals surface area contributed by atoms with Crippen molar-refractivity contribution in [2.75, 3.05) is 40.8 Å². The van der Waals surface area contributed by atoms with Gasteiger partial charge in [0.2, 0.25) is 0 Å². The fourth-order valence-corrected chi connectivity index (χ4v) is 5.23. The van der Waals surface area contributed by atoms with E-state index < -0.39 is 0 Å². The molecular formula is C24H45N3O2. The molecule has 5 heteroatoms. The van der Waals surface area contributed by atoms with Gasteiger partial charge in [-0.15, -0.1) is 0 Å². The topological polar surface area (TPSA) is 61.1 Å². The van der Waals surface area contributed by atoms with Crippen molar-refractivity contribution in [3.63, 3.8) is 0 Å². The number of allylic oxidation sites excluding steroid dienone is 2. The van der Waals surface area contributed by atoms with Crippen LogP contribution in [0.4, 0.5) is 0 Å². The lowest BCUT2D eigenvalue weighted by Gasteiger charge is -2.08. The highest BCUT2D eigenvalue weighted by Gasteiger charge is 2.50. The molecule has 0 aromatic heterocycles. The van der Waals surface area contributed by atoms with E-state index >= 15 is 0 Å². The predicted molar refractivity (Wildman–Crippen MR) is 120 cm³/mol. The van der Waals surface area contributed by atoms with Crippen molar-refractivity contribution in [2.45, 2.75) is 82.2 Å². The minimum Gasteiger partial charge on any atom is -0.369 e. The first kappa shape index (κ1) is 23.2. The summed E-state index contributed by atoms with van der Waals surface area (Å²) < 4.78 is 10.9. The van der Waals surface area contributed by atoms with Crippen molar-refractivity contribution in [3.8, 4) is 0 Å². The molecule has 0 radical (unpaired) electrons. The van der Waals surface area contributed by atoms with Gasteiger partial charge in [-0.3, -0.25) is 0 Å². The fourth-order valence-electron chi connectivity index (χ4n) is 5.23. The maximum atomic E-state index is 5.43. The summed E-state index contributed by atoms with van der Waals surface area (Å²) in [5.41, 5.74) is 0. The lowest BCUT2D eigenvalue weighted by atomic mass is 10.0. The van der Waals surface area contributed by atoms with E-state index in [1.54, 1.807) is 0 Å². The minimum absolute atomic E-state index is 0.661. The van der Waals surface area contributed by atoms with E-state index in [2.05, 4.69) is 28.1 Å². The Bertz CT molecular complexity index is 457. The lowest BCUT2D eigenvalue weighted by Crippen LogP contribution is -2.14. The first-order chi connectivity index (χ1) is 14.3. The summed E-state index contributed by atoms with van der Waals surface area (Å²) in [7, 11) is 6.04. The monoisotopic (exact) mass is 407 g/mol. The maximum absolute atomic E-state index is 5.43. The highest BCUT2D eigenvalue weighted by Crippen LogP contribution is 2.44. The van der Waals surface area contributed by atoms with Crippen molar-refractivity contribution < 1.29 is 9.47 Å². The average Bonchev–Trinajstić information content (AvgIpc) is 3.52. The second kappa shape index (κ2) is 12.4. The molecule has 2 heterocycles. The van der Waals surface area contributed by atoms with Gasteiger partial charge in [0.15, 0.2) is 0 Å². The third-order valence-electron chi connectivity index (χ3n) is 7.22. The molecule has 168 valence electrons. The molecule has 0 bridgehead atoms. The molecule has 0 aromatic carbocycles. The lowest BCUT2D eigenvalue weighted by molar-refractivity contribution is 0.257. The Kier molecular flexibility index (Phi) is 9.93. The molecule has 5 nitrogen and oxygen atoms in total. The van der Waals surface area contributed by atoms with Crippen LogP contribution < -0.4 is 16.0 Å². The molecule has 29 heavy (non-hydrogen) atoms. The average molecular weight is 408 g/mol. The molecule has 2 aliphatic heterocycles. The first-order valence-electron chi connectivity index (χ1n) is 12.2. The zero-order valence-corrected chi connectivity index (χ0v) is 19.0. The van der Waals surface area contributed by atoms with E-state index in [0.29, 0.717) is 24.4 Å². The Morgan fingerprint density at radius 1 is 0.690 bits per heavy atom. The van der Waals surface area contributed by atoms with Gasteiger partial charge in [0.25, 0.3) is 0 Å². The Balaban J connectivity index is 0.000000125. The zero-order chi connectivity index (χ0) is 20.5. The third-order valence-corrected chi connectivity index (χ3v) is 7.22. The normalized spacial score (nSPS) is 37.8. The second-order valence-corrected chi connectivity index (χ2v) is 9.40. The van der Waals surface area contributed by atoms with E-state index in [4.69, 9.17) is 9.47 Å². The van der Waals surface area contributed by atoms with Gasteiger partial charge in [-0.1, -0.05) is 12.2 Å². The molecule has 7 atom stereocenters. The highest BCUT2D eigenvalue weighted by atomic mass is 16.6. The first-order valence-corrected chi connectivity index (χ1v) is 12.2. The van der Waals surface area contributed by atoms with Crippen molar-refractivity contribution in [2.24, 2.45) is 17.8 Å². The summed E-state index contributed by atoms with van der Waals surface area (Å²) in [5, 5.41) is 9.52. The van der Waals surface area contributed by atoms with E-state index in [-0.39, 0.29) is 0 Å². The molecule has 5 rings (SSSR count). The standard InChI is InChI=1S/2C8H15NO.C8H15N/c2*1-9-5-4-6-2-3-7-8(6)10-7;1-9-7-6-8-4-2-3-5-8/h2*6-9H,2-5H2,1H3;2,4,8-9H,3,5-7H2,1H3/t2*6-,7-,8+;/m10./s1. The molecule has 2 saturated carbocycles. The van der Waals surface area contributed by atoms with Crippen LogP contribution in [0.5, 0.6) is 0 Å². The largest absolute Gasteiger partial charge is 0.369 e. The molecular weight excluding hydrogens is 362 g/mol. The van der Waals surface area contributed by atoms with Crippen LogP contribution in [0.25, 0.3) is 0 Å². The summed E-state index contributed by atoms with van der Waals surface area (Å²) in [6, 6.07) is 0. The number of rotatable bonds is 9. The number of hydrogen-bond donors (Lipinski definition) is 3. The van der Waals surface area contributed by atoms with Gasteiger partial charge < -0.3 is 25.4 Å². The fraction of sp³-hybridized carbons (Fsp3) is 0.917. The molecule has 0 aromatic rings. The summed E-state index contributed by atoms with van der Waals surface area (Å²) in [5.74, 6) is 2.62. The van der Waals surface area contributed by atoms with E-state index in [0.717, 1.165) is 37.4 Å². The highest BCUT2D eigenvalue weighted by molar-refractivity contribution is 4.98. The van der Waals surface area contributed by atoms with Crippen LogP contribution in [-0.4, -0.2) is 65.2 Å². The third kappa shape index (κ3) is 7.62. The van der Waals surface area contributed by atoms with Crippen molar-refractivity contribution in [1.82, 2.24) is 16.0 Å².